The molecule has 10 heteroatoms. The summed E-state index contributed by atoms with van der Waals surface area (Å²) in [6, 6.07) is 0. The van der Waals surface area contributed by atoms with Gasteiger partial charge in [0.15, 0.2) is 24.7 Å². The van der Waals surface area contributed by atoms with Crippen molar-refractivity contribution in [3.8, 4) is 0 Å². The van der Waals surface area contributed by atoms with E-state index < -0.39 is 72.0 Å². The van der Waals surface area contributed by atoms with Crippen LogP contribution >= 0.6 is 11.6 Å². The summed E-state index contributed by atoms with van der Waals surface area (Å²) in [6.45, 7) is 9.01. The Morgan fingerprint density at radius 3 is 2.00 bits per heavy atom. The standard InChI is InChI=1S/C18H28ClFO8/c1-17(2,3)15(23)25-8-9-11(20)12(28-16(24)18(4,5)6)13(14(22)26-9)27-10(21)7-19/h9,11-14,22H,7-8H2,1-6H3/t9?,11-,12-,13?,14+/m0/s1. The van der Waals surface area contributed by atoms with Crippen molar-refractivity contribution in [2.45, 2.75) is 72.3 Å². The third-order valence-electron chi connectivity index (χ3n) is 3.81. The minimum atomic E-state index is -2.03. The van der Waals surface area contributed by atoms with Gasteiger partial charge in [-0.25, -0.2) is 4.39 Å². The Morgan fingerprint density at radius 1 is 1.00 bits per heavy atom. The molecule has 0 radical (unpaired) electrons. The Kier molecular flexibility index (Phi) is 8.22. The third-order valence-corrected chi connectivity index (χ3v) is 4.03. The average molecular weight is 427 g/mol. The molecule has 1 fully saturated rings. The molecule has 0 aliphatic carbocycles. The van der Waals surface area contributed by atoms with E-state index in [0.717, 1.165) is 0 Å². The molecule has 0 bridgehead atoms. The summed E-state index contributed by atoms with van der Waals surface area (Å²) in [5.74, 6) is -2.87. The van der Waals surface area contributed by atoms with Gasteiger partial charge in [-0.1, -0.05) is 0 Å². The molecule has 2 unspecified atom stereocenters. The van der Waals surface area contributed by atoms with Gasteiger partial charge in [0.05, 0.1) is 10.8 Å². The molecule has 0 amide bonds. The summed E-state index contributed by atoms with van der Waals surface area (Å²) in [5, 5.41) is 10.2. The summed E-state index contributed by atoms with van der Waals surface area (Å²) < 4.78 is 35.3. The molecule has 0 spiro atoms. The Balaban J connectivity index is 3.01. The van der Waals surface area contributed by atoms with Crippen LogP contribution in [-0.4, -0.2) is 66.3 Å². The van der Waals surface area contributed by atoms with Gasteiger partial charge in [-0.15, -0.1) is 11.6 Å². The molecule has 1 heterocycles. The van der Waals surface area contributed by atoms with Crippen LogP contribution < -0.4 is 0 Å². The van der Waals surface area contributed by atoms with Crippen LogP contribution in [0, 0.1) is 10.8 Å². The first kappa shape index (κ1) is 24.6. The van der Waals surface area contributed by atoms with Gasteiger partial charge in [0.2, 0.25) is 0 Å². The van der Waals surface area contributed by atoms with Crippen LogP contribution in [-0.2, 0) is 33.3 Å². The first-order valence-corrected chi connectivity index (χ1v) is 9.33. The van der Waals surface area contributed by atoms with Crippen molar-refractivity contribution in [2.75, 3.05) is 12.5 Å². The number of alkyl halides is 2. The first-order chi connectivity index (χ1) is 12.7. The van der Waals surface area contributed by atoms with E-state index in [1.807, 2.05) is 0 Å². The van der Waals surface area contributed by atoms with E-state index in [-0.39, 0.29) is 0 Å². The average Bonchev–Trinajstić information content (AvgIpc) is 2.57. The number of carbonyl (C=O) groups excluding carboxylic acids is 3. The van der Waals surface area contributed by atoms with Gasteiger partial charge >= 0.3 is 17.9 Å². The Hall–Kier alpha value is -1.45. The fourth-order valence-corrected chi connectivity index (χ4v) is 2.20. The van der Waals surface area contributed by atoms with Gasteiger partial charge in [-0.3, -0.25) is 14.4 Å². The number of aliphatic hydroxyl groups excluding tert-OH is 1. The zero-order valence-corrected chi connectivity index (χ0v) is 17.6. The maximum atomic E-state index is 15.1. The lowest BCUT2D eigenvalue weighted by atomic mass is 9.95. The SMILES string of the molecule is CC(C)(C)C(=O)OCC1O[C@@H](O)C(OC(=O)CCl)[C@@H](OC(=O)C(C)(C)C)[C@H]1F. The lowest BCUT2D eigenvalue weighted by Crippen LogP contribution is -2.60. The highest BCUT2D eigenvalue weighted by Gasteiger charge is 2.51. The lowest BCUT2D eigenvalue weighted by Gasteiger charge is -2.41. The molecule has 8 nitrogen and oxygen atoms in total. The van der Waals surface area contributed by atoms with E-state index in [0.29, 0.717) is 0 Å². The molecule has 5 atom stereocenters. The molecule has 1 N–H and O–H groups in total. The molecule has 0 saturated carbocycles. The lowest BCUT2D eigenvalue weighted by molar-refractivity contribution is -0.285. The number of hydrogen-bond donors (Lipinski definition) is 1. The number of ether oxygens (including phenoxy) is 4. The van der Waals surface area contributed by atoms with Crippen molar-refractivity contribution in [1.29, 1.82) is 0 Å². The molecular weight excluding hydrogens is 399 g/mol. The van der Waals surface area contributed by atoms with Gasteiger partial charge in [0.25, 0.3) is 0 Å². The smallest absolute Gasteiger partial charge is 0.321 e. The van der Waals surface area contributed by atoms with E-state index in [9.17, 15) is 19.5 Å². The van der Waals surface area contributed by atoms with Gasteiger partial charge in [-0.2, -0.15) is 0 Å². The number of rotatable bonds is 5. The molecule has 0 aromatic heterocycles. The van der Waals surface area contributed by atoms with Crippen molar-refractivity contribution < 1.29 is 42.8 Å². The predicted octanol–water partition coefficient (Wildman–Crippen LogP) is 1.74. The van der Waals surface area contributed by atoms with Crippen molar-refractivity contribution in [3.63, 3.8) is 0 Å². The van der Waals surface area contributed by atoms with E-state index in [1.54, 1.807) is 41.5 Å². The van der Waals surface area contributed by atoms with Crippen LogP contribution in [0.5, 0.6) is 0 Å². The molecule has 1 saturated heterocycles. The Morgan fingerprint density at radius 2 is 1.54 bits per heavy atom. The van der Waals surface area contributed by atoms with Crippen LogP contribution in [0.4, 0.5) is 4.39 Å². The molecule has 1 aliphatic heterocycles. The summed E-state index contributed by atoms with van der Waals surface area (Å²) >= 11 is 5.38. The van der Waals surface area contributed by atoms with Crippen LogP contribution in [0.15, 0.2) is 0 Å². The van der Waals surface area contributed by atoms with E-state index >= 15 is 4.39 Å². The summed E-state index contributed by atoms with van der Waals surface area (Å²) in [5.41, 5.74) is -1.80. The maximum absolute atomic E-state index is 15.1. The molecule has 0 aromatic rings. The molecular formula is C18H28ClFO8. The van der Waals surface area contributed by atoms with Crippen molar-refractivity contribution in [3.05, 3.63) is 0 Å². The largest absolute Gasteiger partial charge is 0.462 e. The quantitative estimate of drug-likeness (QED) is 0.402. The first-order valence-electron chi connectivity index (χ1n) is 8.80. The van der Waals surface area contributed by atoms with Crippen LogP contribution in [0.3, 0.4) is 0 Å². The van der Waals surface area contributed by atoms with Crippen molar-refractivity contribution in [2.24, 2.45) is 10.8 Å². The highest BCUT2D eigenvalue weighted by molar-refractivity contribution is 6.26. The van der Waals surface area contributed by atoms with Crippen LogP contribution in [0.2, 0.25) is 0 Å². The van der Waals surface area contributed by atoms with Crippen LogP contribution in [0.25, 0.3) is 0 Å². The second-order valence-corrected chi connectivity index (χ2v) is 8.83. The zero-order chi connectivity index (χ0) is 21.9. The Labute approximate surface area is 168 Å². The number of hydrogen-bond acceptors (Lipinski definition) is 8. The maximum Gasteiger partial charge on any atom is 0.321 e. The topological polar surface area (TPSA) is 108 Å². The predicted molar refractivity (Wildman–Crippen MR) is 96.1 cm³/mol. The Bertz CT molecular complexity index is 583. The summed E-state index contributed by atoms with van der Waals surface area (Å²) in [4.78, 5) is 35.6. The van der Waals surface area contributed by atoms with Gasteiger partial charge in [0, 0.05) is 0 Å². The number of halogens is 2. The normalized spacial score (nSPS) is 28.4. The van der Waals surface area contributed by atoms with Crippen LogP contribution in [0.1, 0.15) is 41.5 Å². The highest BCUT2D eigenvalue weighted by atomic mass is 35.5. The molecule has 1 aliphatic rings. The van der Waals surface area contributed by atoms with E-state index in [2.05, 4.69) is 0 Å². The van der Waals surface area contributed by atoms with Crippen molar-refractivity contribution in [1.82, 2.24) is 0 Å². The second-order valence-electron chi connectivity index (χ2n) is 8.57. The van der Waals surface area contributed by atoms with Gasteiger partial charge < -0.3 is 24.1 Å². The minimum Gasteiger partial charge on any atom is -0.462 e. The zero-order valence-electron chi connectivity index (χ0n) is 16.9. The summed E-state index contributed by atoms with van der Waals surface area (Å²) in [6.07, 6.45) is -8.56. The molecule has 162 valence electrons. The van der Waals surface area contributed by atoms with Gasteiger partial charge in [0.1, 0.15) is 18.6 Å². The molecule has 0 aromatic carbocycles. The van der Waals surface area contributed by atoms with Gasteiger partial charge in [-0.05, 0) is 41.5 Å². The highest BCUT2D eigenvalue weighted by Crippen LogP contribution is 2.30. The fourth-order valence-electron chi connectivity index (χ4n) is 2.13. The number of carbonyl (C=O) groups is 3. The summed E-state index contributed by atoms with van der Waals surface area (Å²) in [7, 11) is 0. The number of esters is 3. The second kappa shape index (κ2) is 9.37. The minimum absolute atomic E-state index is 0.520. The van der Waals surface area contributed by atoms with Crippen molar-refractivity contribution >= 4 is 29.5 Å². The monoisotopic (exact) mass is 426 g/mol. The third kappa shape index (κ3) is 6.56. The molecule has 1 rings (SSSR count). The van der Waals surface area contributed by atoms with E-state index in [4.69, 9.17) is 30.5 Å². The van der Waals surface area contributed by atoms with E-state index in [1.165, 1.54) is 0 Å². The molecule has 28 heavy (non-hydrogen) atoms. The number of aliphatic hydroxyl groups is 1. The fraction of sp³-hybridized carbons (Fsp3) is 0.833.